The van der Waals surface area contributed by atoms with E-state index in [2.05, 4.69) is 25.6 Å². The van der Waals surface area contributed by atoms with Gasteiger partial charge in [0.1, 0.15) is 17.3 Å². The second kappa shape index (κ2) is 11.3. The fraction of sp³-hybridized carbons (Fsp3) is 0.345. The summed E-state index contributed by atoms with van der Waals surface area (Å²) in [7, 11) is 0. The van der Waals surface area contributed by atoms with Crippen LogP contribution in [0.15, 0.2) is 59.2 Å². The molecule has 1 aliphatic rings. The van der Waals surface area contributed by atoms with Crippen LogP contribution >= 0.6 is 0 Å². The smallest absolute Gasteiger partial charge is 0.421 e. The maximum Gasteiger partial charge on any atom is 0.421 e. The summed E-state index contributed by atoms with van der Waals surface area (Å²) in [4.78, 5) is 16.7. The molecule has 0 saturated carbocycles. The van der Waals surface area contributed by atoms with Gasteiger partial charge in [-0.2, -0.15) is 18.3 Å². The van der Waals surface area contributed by atoms with Gasteiger partial charge in [0.15, 0.2) is 11.4 Å². The third kappa shape index (κ3) is 6.78. The summed E-state index contributed by atoms with van der Waals surface area (Å²) in [6, 6.07) is 10.5. The lowest BCUT2D eigenvalue weighted by molar-refractivity contribution is -0.139. The molecule has 0 unspecified atom stereocenters. The fourth-order valence-electron chi connectivity index (χ4n) is 4.26. The normalized spacial score (nSPS) is 16.1. The van der Waals surface area contributed by atoms with E-state index in [4.69, 9.17) is 13.9 Å². The standard InChI is InChI=1S/C29H29F3N6O4/c1-17-10-8-9-13-19-16-38(15-18-11-6-5-7-12-18)37-22(19)25-35-36-26(41-25)23-21(33-27(39)42-28(2,3)4)14-20(29(30,31)32)24(34-23)40-17/h5-9,11-12,14,16-17H,10,13,15H2,1-4H3,(H,33,39)/b9-8-/t17-/m1/s1. The molecule has 3 aromatic heterocycles. The number of carbonyl (C=O) groups excluding carboxylic acids is 1. The molecule has 1 aromatic carbocycles. The highest BCUT2D eigenvalue weighted by molar-refractivity contribution is 5.89. The number of pyridine rings is 1. The van der Waals surface area contributed by atoms with Crippen molar-refractivity contribution in [2.24, 2.45) is 0 Å². The quantitative estimate of drug-likeness (QED) is 0.266. The zero-order valence-electron chi connectivity index (χ0n) is 23.4. The predicted octanol–water partition coefficient (Wildman–Crippen LogP) is 6.68. The SMILES string of the molecule is C[C@@H]1C/C=C\Cc2cn(Cc3ccccc3)nc2-c2nnc(o2)-c2nc(c(C(F)(F)F)cc2NC(=O)OC(C)(C)C)O1. The zero-order chi connectivity index (χ0) is 30.1. The monoisotopic (exact) mass is 582 g/mol. The van der Waals surface area contributed by atoms with Gasteiger partial charge < -0.3 is 13.9 Å². The lowest BCUT2D eigenvalue weighted by Gasteiger charge is -2.22. The Morgan fingerprint density at radius 1 is 1.10 bits per heavy atom. The molecule has 0 fully saturated rings. The van der Waals surface area contributed by atoms with Crippen molar-refractivity contribution < 1.29 is 31.9 Å². The summed E-state index contributed by atoms with van der Waals surface area (Å²) in [5, 5.41) is 15.2. The van der Waals surface area contributed by atoms with Crippen molar-refractivity contribution in [1.29, 1.82) is 0 Å². The molecule has 0 aliphatic carbocycles. The van der Waals surface area contributed by atoms with Gasteiger partial charge in [0.25, 0.3) is 11.8 Å². The van der Waals surface area contributed by atoms with Crippen molar-refractivity contribution >= 4 is 11.8 Å². The number of nitrogens with zero attached hydrogens (tertiary/aromatic N) is 5. The minimum Gasteiger partial charge on any atom is -0.474 e. The van der Waals surface area contributed by atoms with Gasteiger partial charge in [0, 0.05) is 18.2 Å². The van der Waals surface area contributed by atoms with Gasteiger partial charge >= 0.3 is 12.3 Å². The number of allylic oxidation sites excluding steroid dienone is 1. The molecule has 10 nitrogen and oxygen atoms in total. The first kappa shape index (κ1) is 28.8. The van der Waals surface area contributed by atoms with Gasteiger partial charge in [-0.15, -0.1) is 10.2 Å². The zero-order valence-corrected chi connectivity index (χ0v) is 23.4. The van der Waals surface area contributed by atoms with E-state index in [1.54, 1.807) is 32.4 Å². The van der Waals surface area contributed by atoms with E-state index < -0.39 is 35.4 Å². The highest BCUT2D eigenvalue weighted by Crippen LogP contribution is 2.41. The van der Waals surface area contributed by atoms with Crippen molar-refractivity contribution in [3.8, 4) is 29.0 Å². The van der Waals surface area contributed by atoms with E-state index in [-0.39, 0.29) is 23.2 Å². The second-order valence-corrected chi connectivity index (χ2v) is 10.8. The summed E-state index contributed by atoms with van der Waals surface area (Å²) < 4.78 is 61.0. The topological polar surface area (TPSA) is 117 Å². The number of hydrogen-bond acceptors (Lipinski definition) is 8. The van der Waals surface area contributed by atoms with Crippen molar-refractivity contribution in [3.05, 3.63) is 71.4 Å². The molecule has 220 valence electrons. The first-order valence-electron chi connectivity index (χ1n) is 13.2. The molecule has 4 bridgehead atoms. The molecule has 0 radical (unpaired) electrons. The number of amides is 1. The van der Waals surface area contributed by atoms with Gasteiger partial charge in [-0.3, -0.25) is 10.00 Å². The summed E-state index contributed by atoms with van der Waals surface area (Å²) >= 11 is 0. The van der Waals surface area contributed by atoms with Crippen molar-refractivity contribution in [3.63, 3.8) is 0 Å². The molecular formula is C29H29F3N6O4. The summed E-state index contributed by atoms with van der Waals surface area (Å²) in [6.45, 7) is 7.02. The summed E-state index contributed by atoms with van der Waals surface area (Å²) in [6.07, 6.45) is -0.126. The van der Waals surface area contributed by atoms with Crippen LogP contribution in [0.5, 0.6) is 5.88 Å². The molecule has 42 heavy (non-hydrogen) atoms. The van der Waals surface area contributed by atoms with Crippen LogP contribution in [0.1, 0.15) is 50.8 Å². The number of alkyl halides is 3. The molecule has 1 amide bonds. The van der Waals surface area contributed by atoms with Crippen LogP contribution in [0.2, 0.25) is 0 Å². The first-order chi connectivity index (χ1) is 19.9. The Balaban J connectivity index is 1.62. The molecule has 5 rings (SSSR count). The predicted molar refractivity (Wildman–Crippen MR) is 147 cm³/mol. The van der Waals surface area contributed by atoms with E-state index in [0.29, 0.717) is 25.1 Å². The number of nitrogens with one attached hydrogen (secondary N) is 1. The largest absolute Gasteiger partial charge is 0.474 e. The number of rotatable bonds is 3. The number of aromatic nitrogens is 5. The van der Waals surface area contributed by atoms with Gasteiger partial charge in [-0.05, 0) is 45.7 Å². The number of hydrogen-bond donors (Lipinski definition) is 1. The van der Waals surface area contributed by atoms with E-state index >= 15 is 0 Å². The number of anilines is 1. The van der Waals surface area contributed by atoms with Gasteiger partial charge in [0.2, 0.25) is 5.88 Å². The third-order valence-electron chi connectivity index (χ3n) is 6.07. The highest BCUT2D eigenvalue weighted by Gasteiger charge is 2.38. The molecule has 1 atom stereocenters. The lowest BCUT2D eigenvalue weighted by atomic mass is 10.1. The van der Waals surface area contributed by atoms with Crippen LogP contribution in [0.4, 0.5) is 23.7 Å². The highest BCUT2D eigenvalue weighted by atomic mass is 19.4. The Labute approximate surface area is 239 Å². The first-order valence-corrected chi connectivity index (χ1v) is 13.2. The van der Waals surface area contributed by atoms with E-state index in [1.807, 2.05) is 48.7 Å². The van der Waals surface area contributed by atoms with Crippen LogP contribution in [0.3, 0.4) is 0 Å². The van der Waals surface area contributed by atoms with Crippen LogP contribution in [0, 0.1) is 0 Å². The maximum absolute atomic E-state index is 14.1. The fourth-order valence-corrected chi connectivity index (χ4v) is 4.26. The number of ether oxygens (including phenoxy) is 2. The lowest BCUT2D eigenvalue weighted by Crippen LogP contribution is -2.27. The summed E-state index contributed by atoms with van der Waals surface area (Å²) in [5.41, 5.74) is -0.378. The van der Waals surface area contributed by atoms with Crippen LogP contribution in [-0.4, -0.2) is 42.8 Å². The minimum atomic E-state index is -4.84. The molecule has 4 aromatic rings. The van der Waals surface area contributed by atoms with Crippen molar-refractivity contribution in [1.82, 2.24) is 25.0 Å². The number of carbonyl (C=O) groups is 1. The van der Waals surface area contributed by atoms with E-state index in [0.717, 1.165) is 17.2 Å². The Hall–Kier alpha value is -4.68. The van der Waals surface area contributed by atoms with E-state index in [1.165, 1.54) is 0 Å². The van der Waals surface area contributed by atoms with Crippen LogP contribution in [-0.2, 0) is 23.9 Å². The maximum atomic E-state index is 14.1. The average molecular weight is 583 g/mol. The van der Waals surface area contributed by atoms with Crippen molar-refractivity contribution in [2.45, 2.75) is 65.0 Å². The number of benzene rings is 1. The average Bonchev–Trinajstić information content (AvgIpc) is 3.53. The molecule has 0 saturated heterocycles. The van der Waals surface area contributed by atoms with Gasteiger partial charge in [-0.1, -0.05) is 42.5 Å². The van der Waals surface area contributed by atoms with Crippen LogP contribution < -0.4 is 10.1 Å². The summed E-state index contributed by atoms with van der Waals surface area (Å²) in [5.74, 6) is -0.880. The van der Waals surface area contributed by atoms with Crippen molar-refractivity contribution in [2.75, 3.05) is 5.32 Å². The Kier molecular flexibility index (Phi) is 7.76. The third-order valence-corrected chi connectivity index (χ3v) is 6.07. The minimum absolute atomic E-state index is 0.0398. The molecule has 13 heteroatoms. The Bertz CT molecular complexity index is 1610. The molecular weight excluding hydrogens is 553 g/mol. The number of halogens is 3. The van der Waals surface area contributed by atoms with Gasteiger partial charge in [0.05, 0.1) is 12.2 Å². The Morgan fingerprint density at radius 3 is 2.50 bits per heavy atom. The van der Waals surface area contributed by atoms with Gasteiger partial charge in [-0.25, -0.2) is 9.78 Å². The molecule has 1 aliphatic heterocycles. The second-order valence-electron chi connectivity index (χ2n) is 10.8. The molecule has 0 spiro atoms. The van der Waals surface area contributed by atoms with E-state index in [9.17, 15) is 18.0 Å². The molecule has 1 N–H and O–H groups in total. The van der Waals surface area contributed by atoms with Crippen LogP contribution in [0.25, 0.3) is 23.2 Å². The molecule has 4 heterocycles. The number of fused-ring (bicyclic) bond motifs is 7. The Morgan fingerprint density at radius 2 is 1.81 bits per heavy atom.